The van der Waals surface area contributed by atoms with Gasteiger partial charge in [-0.15, -0.1) is 0 Å². The van der Waals surface area contributed by atoms with E-state index in [1.54, 1.807) is 0 Å². The van der Waals surface area contributed by atoms with E-state index >= 15 is 0 Å². The van der Waals surface area contributed by atoms with Crippen LogP contribution in [0, 0.1) is 0 Å². The molecule has 0 aromatic heterocycles. The molecule has 0 heterocycles. The topological polar surface area (TPSA) is 23.5 Å². The molecule has 0 bridgehead atoms. The third-order valence-electron chi connectivity index (χ3n) is 4.47. The molecule has 1 unspecified atom stereocenters. The molecule has 0 amide bonds. The van der Waals surface area contributed by atoms with Crippen LogP contribution in [0.4, 0.5) is 0 Å². The quantitative estimate of drug-likeness (QED) is 0.589. The van der Waals surface area contributed by atoms with Crippen molar-refractivity contribution in [3.05, 3.63) is 35.9 Å². The molecule has 1 rings (SSSR count). The molecule has 0 radical (unpaired) electrons. The molecule has 0 aliphatic carbocycles. The van der Waals surface area contributed by atoms with Crippen molar-refractivity contribution in [3.63, 3.8) is 0 Å². The van der Waals surface area contributed by atoms with Crippen molar-refractivity contribution >= 4 is 0 Å². The van der Waals surface area contributed by atoms with Gasteiger partial charge in [0.2, 0.25) is 0 Å². The summed E-state index contributed by atoms with van der Waals surface area (Å²) in [5.74, 6) is 0. The Kier molecular flexibility index (Phi) is 9.42. The summed E-state index contributed by atoms with van der Waals surface area (Å²) in [5.41, 5.74) is 0.398. The van der Waals surface area contributed by atoms with E-state index in [1.807, 2.05) is 18.2 Å². The predicted molar refractivity (Wildman–Crippen MR) is 96.1 cm³/mol. The zero-order chi connectivity index (χ0) is 16.3. The summed E-state index contributed by atoms with van der Waals surface area (Å²) in [6.45, 7) is 9.96. The predicted octanol–water partition coefficient (Wildman–Crippen LogP) is 4.97. The van der Waals surface area contributed by atoms with Crippen LogP contribution in [0.3, 0.4) is 0 Å². The first kappa shape index (κ1) is 19.2. The second-order valence-electron chi connectivity index (χ2n) is 6.45. The van der Waals surface area contributed by atoms with E-state index in [-0.39, 0.29) is 0 Å². The molecule has 1 aromatic rings. The Balaban J connectivity index is 2.67. The minimum atomic E-state index is -0.674. The summed E-state index contributed by atoms with van der Waals surface area (Å²) in [4.78, 5) is 2.54. The number of hydrogen-bond donors (Lipinski definition) is 1. The van der Waals surface area contributed by atoms with E-state index in [4.69, 9.17) is 0 Å². The molecule has 0 saturated heterocycles. The van der Waals surface area contributed by atoms with E-state index in [0.29, 0.717) is 0 Å². The molecule has 0 saturated carbocycles. The molecule has 126 valence electrons. The minimum absolute atomic E-state index is 0.674. The Morgan fingerprint density at radius 1 is 0.818 bits per heavy atom. The summed E-state index contributed by atoms with van der Waals surface area (Å²) >= 11 is 0. The first-order chi connectivity index (χ1) is 10.7. The van der Waals surface area contributed by atoms with Crippen LogP contribution in [0.25, 0.3) is 0 Å². The van der Waals surface area contributed by atoms with Crippen LogP contribution in [-0.4, -0.2) is 29.6 Å². The third-order valence-corrected chi connectivity index (χ3v) is 4.47. The molecular weight excluding hydrogens is 270 g/mol. The molecule has 0 aliphatic heterocycles. The van der Waals surface area contributed by atoms with E-state index in [2.05, 4.69) is 37.8 Å². The first-order valence-corrected chi connectivity index (χ1v) is 9.16. The lowest BCUT2D eigenvalue weighted by Gasteiger charge is -2.32. The number of nitrogens with zero attached hydrogens (tertiary/aromatic N) is 1. The average molecular weight is 306 g/mol. The van der Waals surface area contributed by atoms with Gasteiger partial charge in [-0.25, -0.2) is 0 Å². The normalized spacial score (nSPS) is 14.2. The zero-order valence-electron chi connectivity index (χ0n) is 14.9. The summed E-state index contributed by atoms with van der Waals surface area (Å²) in [5, 5.41) is 11.2. The Hall–Kier alpha value is -0.860. The van der Waals surface area contributed by atoms with Crippen molar-refractivity contribution in [2.75, 3.05) is 19.6 Å². The number of unbranched alkanes of at least 4 members (excludes halogenated alkanes) is 2. The van der Waals surface area contributed by atoms with Gasteiger partial charge < -0.3 is 10.0 Å². The van der Waals surface area contributed by atoms with Gasteiger partial charge in [0.1, 0.15) is 0 Å². The fraction of sp³-hybridized carbons (Fsp3) is 0.700. The molecular formula is C20H35NO. The maximum atomic E-state index is 11.2. The van der Waals surface area contributed by atoms with E-state index < -0.39 is 5.60 Å². The van der Waals surface area contributed by atoms with Crippen molar-refractivity contribution in [2.24, 2.45) is 0 Å². The molecule has 22 heavy (non-hydrogen) atoms. The summed E-state index contributed by atoms with van der Waals surface area (Å²) in [6, 6.07) is 10.2. The monoisotopic (exact) mass is 305 g/mol. The van der Waals surface area contributed by atoms with Gasteiger partial charge in [-0.05, 0) is 44.3 Å². The molecule has 0 fully saturated rings. The van der Waals surface area contributed by atoms with Crippen molar-refractivity contribution < 1.29 is 5.11 Å². The summed E-state index contributed by atoms with van der Waals surface area (Å²) in [7, 11) is 0. The zero-order valence-corrected chi connectivity index (χ0v) is 14.9. The highest BCUT2D eigenvalue weighted by atomic mass is 16.3. The molecule has 0 spiro atoms. The van der Waals surface area contributed by atoms with Gasteiger partial charge in [0.25, 0.3) is 0 Å². The summed E-state index contributed by atoms with van der Waals surface area (Å²) < 4.78 is 0. The lowest BCUT2D eigenvalue weighted by atomic mass is 9.86. The fourth-order valence-electron chi connectivity index (χ4n) is 3.02. The Morgan fingerprint density at radius 2 is 1.41 bits per heavy atom. The molecule has 1 aromatic carbocycles. The highest BCUT2D eigenvalue weighted by Gasteiger charge is 2.28. The van der Waals surface area contributed by atoms with Crippen LogP contribution in [-0.2, 0) is 5.60 Å². The standard InChI is InChI=1S/C20H35NO/c1-4-7-16-21(17-8-5-2)18-15-20(22,14-6-3)19-12-10-9-11-13-19/h9-13,22H,4-8,14-18H2,1-3H3. The Morgan fingerprint density at radius 3 is 1.91 bits per heavy atom. The van der Waals surface area contributed by atoms with Crippen LogP contribution >= 0.6 is 0 Å². The maximum Gasteiger partial charge on any atom is 0.0908 e. The maximum absolute atomic E-state index is 11.2. The van der Waals surface area contributed by atoms with Gasteiger partial charge in [0.05, 0.1) is 5.60 Å². The van der Waals surface area contributed by atoms with Gasteiger partial charge in [0.15, 0.2) is 0 Å². The lowest BCUT2D eigenvalue weighted by Crippen LogP contribution is -2.34. The van der Waals surface area contributed by atoms with Crippen LogP contribution in [0.5, 0.6) is 0 Å². The minimum Gasteiger partial charge on any atom is -0.385 e. The van der Waals surface area contributed by atoms with Crippen molar-refractivity contribution in [1.82, 2.24) is 4.90 Å². The van der Waals surface area contributed by atoms with Gasteiger partial charge in [0, 0.05) is 6.54 Å². The smallest absolute Gasteiger partial charge is 0.0908 e. The number of hydrogen-bond acceptors (Lipinski definition) is 2. The first-order valence-electron chi connectivity index (χ1n) is 9.16. The number of rotatable bonds is 12. The van der Waals surface area contributed by atoms with Crippen LogP contribution < -0.4 is 0 Å². The third kappa shape index (κ3) is 6.50. The average Bonchev–Trinajstić information content (AvgIpc) is 2.55. The second kappa shape index (κ2) is 10.8. The van der Waals surface area contributed by atoms with Crippen molar-refractivity contribution in [1.29, 1.82) is 0 Å². The molecule has 2 nitrogen and oxygen atoms in total. The van der Waals surface area contributed by atoms with E-state index in [0.717, 1.165) is 44.5 Å². The molecule has 0 aliphatic rings. The Labute approximate surface area is 137 Å². The molecule has 1 N–H and O–H groups in total. The largest absolute Gasteiger partial charge is 0.385 e. The fourth-order valence-corrected chi connectivity index (χ4v) is 3.02. The van der Waals surface area contributed by atoms with Crippen LogP contribution in [0.2, 0.25) is 0 Å². The second-order valence-corrected chi connectivity index (χ2v) is 6.45. The van der Waals surface area contributed by atoms with Gasteiger partial charge in [-0.3, -0.25) is 0 Å². The van der Waals surface area contributed by atoms with Gasteiger partial charge in [-0.1, -0.05) is 70.4 Å². The SMILES string of the molecule is CCCCN(CCCC)CCC(O)(CCC)c1ccccc1. The van der Waals surface area contributed by atoms with E-state index in [1.165, 1.54) is 25.7 Å². The van der Waals surface area contributed by atoms with Crippen molar-refractivity contribution in [2.45, 2.75) is 71.3 Å². The van der Waals surface area contributed by atoms with Crippen molar-refractivity contribution in [3.8, 4) is 0 Å². The van der Waals surface area contributed by atoms with Crippen LogP contribution in [0.1, 0.15) is 71.3 Å². The molecule has 2 heteroatoms. The van der Waals surface area contributed by atoms with Gasteiger partial charge in [-0.2, -0.15) is 0 Å². The Bertz CT molecular complexity index is 371. The highest BCUT2D eigenvalue weighted by Crippen LogP contribution is 2.30. The number of benzene rings is 1. The molecule has 1 atom stereocenters. The van der Waals surface area contributed by atoms with E-state index in [9.17, 15) is 5.11 Å². The highest BCUT2D eigenvalue weighted by molar-refractivity contribution is 5.22. The summed E-state index contributed by atoms with van der Waals surface area (Å²) in [6.07, 6.45) is 7.66. The van der Waals surface area contributed by atoms with Gasteiger partial charge >= 0.3 is 0 Å². The number of aliphatic hydroxyl groups is 1. The van der Waals surface area contributed by atoms with Crippen LogP contribution in [0.15, 0.2) is 30.3 Å². The lowest BCUT2D eigenvalue weighted by molar-refractivity contribution is 0.00776.